The number of benzene rings is 2. The van der Waals surface area contributed by atoms with Gasteiger partial charge in [-0.15, -0.1) is 0 Å². The van der Waals surface area contributed by atoms with Crippen LogP contribution in [0.15, 0.2) is 60.7 Å². The lowest BCUT2D eigenvalue weighted by atomic mass is 9.95. The summed E-state index contributed by atoms with van der Waals surface area (Å²) < 4.78 is 0. The molecule has 2 heterocycles. The Kier molecular flexibility index (Phi) is 5.95. The smallest absolute Gasteiger partial charge is 0.227 e. The number of carbonyl (C=O) groups excluding carboxylic acids is 2. The van der Waals surface area contributed by atoms with E-state index in [0.717, 1.165) is 24.9 Å². The lowest BCUT2D eigenvalue weighted by molar-refractivity contribution is -0.140. The SMILES string of the molecule is N[C@@H]1CN(C(=O)C2CCCN(C(=O)Cc3ccccc3)C2)C[C@H]1c1ccccc1. The highest BCUT2D eigenvalue weighted by molar-refractivity contribution is 5.82. The number of piperidine rings is 1. The third-order valence-corrected chi connectivity index (χ3v) is 6.23. The third-order valence-electron chi connectivity index (χ3n) is 6.23. The van der Waals surface area contributed by atoms with Gasteiger partial charge in [0.25, 0.3) is 0 Å². The van der Waals surface area contributed by atoms with E-state index in [9.17, 15) is 9.59 Å². The van der Waals surface area contributed by atoms with Gasteiger partial charge < -0.3 is 15.5 Å². The molecule has 152 valence electrons. The van der Waals surface area contributed by atoms with Gasteiger partial charge in [0, 0.05) is 38.1 Å². The molecule has 0 aromatic heterocycles. The summed E-state index contributed by atoms with van der Waals surface area (Å²) in [5, 5.41) is 0. The van der Waals surface area contributed by atoms with E-state index >= 15 is 0 Å². The first kappa shape index (κ1) is 19.6. The van der Waals surface area contributed by atoms with Crippen molar-refractivity contribution in [3.05, 3.63) is 71.8 Å². The number of hydrogen-bond donors (Lipinski definition) is 1. The van der Waals surface area contributed by atoms with Crippen LogP contribution < -0.4 is 5.73 Å². The van der Waals surface area contributed by atoms with Gasteiger partial charge in [0.2, 0.25) is 11.8 Å². The number of hydrogen-bond acceptors (Lipinski definition) is 3. The number of nitrogens with two attached hydrogens (primary N) is 1. The minimum absolute atomic E-state index is 0.0410. The van der Waals surface area contributed by atoms with E-state index < -0.39 is 0 Å². The van der Waals surface area contributed by atoms with Crippen LogP contribution in [0.3, 0.4) is 0 Å². The van der Waals surface area contributed by atoms with E-state index in [4.69, 9.17) is 5.73 Å². The van der Waals surface area contributed by atoms with Gasteiger partial charge in [0.05, 0.1) is 12.3 Å². The van der Waals surface area contributed by atoms with Gasteiger partial charge in [0.15, 0.2) is 0 Å². The summed E-state index contributed by atoms with van der Waals surface area (Å²) in [4.78, 5) is 29.7. The van der Waals surface area contributed by atoms with Crippen molar-refractivity contribution in [2.45, 2.75) is 31.2 Å². The van der Waals surface area contributed by atoms with Crippen LogP contribution in [0.4, 0.5) is 0 Å². The van der Waals surface area contributed by atoms with Crippen molar-refractivity contribution in [1.29, 1.82) is 0 Å². The molecule has 2 aromatic carbocycles. The predicted molar refractivity (Wildman–Crippen MR) is 113 cm³/mol. The fourth-order valence-corrected chi connectivity index (χ4v) is 4.61. The summed E-state index contributed by atoms with van der Waals surface area (Å²) >= 11 is 0. The summed E-state index contributed by atoms with van der Waals surface area (Å²) in [6.07, 6.45) is 2.11. The van der Waals surface area contributed by atoms with Crippen molar-refractivity contribution in [3.8, 4) is 0 Å². The highest BCUT2D eigenvalue weighted by atomic mass is 16.2. The predicted octanol–water partition coefficient (Wildman–Crippen LogP) is 2.42. The molecular formula is C24H29N3O2. The van der Waals surface area contributed by atoms with Crippen LogP contribution in [0, 0.1) is 5.92 Å². The molecule has 0 radical (unpaired) electrons. The fraction of sp³-hybridized carbons (Fsp3) is 0.417. The molecule has 2 fully saturated rings. The van der Waals surface area contributed by atoms with Crippen molar-refractivity contribution in [2.75, 3.05) is 26.2 Å². The Bertz CT molecular complexity index is 840. The summed E-state index contributed by atoms with van der Waals surface area (Å²) in [5.41, 5.74) is 8.58. The molecule has 2 aromatic rings. The van der Waals surface area contributed by atoms with Crippen molar-refractivity contribution in [3.63, 3.8) is 0 Å². The summed E-state index contributed by atoms with van der Waals surface area (Å²) in [7, 11) is 0. The van der Waals surface area contributed by atoms with E-state index in [0.29, 0.717) is 26.1 Å². The molecule has 29 heavy (non-hydrogen) atoms. The second kappa shape index (κ2) is 8.78. The van der Waals surface area contributed by atoms with Crippen LogP contribution in [0.25, 0.3) is 0 Å². The minimum Gasteiger partial charge on any atom is -0.342 e. The fourth-order valence-electron chi connectivity index (χ4n) is 4.61. The zero-order valence-corrected chi connectivity index (χ0v) is 16.7. The van der Waals surface area contributed by atoms with Crippen LogP contribution in [-0.2, 0) is 16.0 Å². The molecule has 1 unspecified atom stereocenters. The highest BCUT2D eigenvalue weighted by Gasteiger charge is 2.38. The zero-order chi connectivity index (χ0) is 20.2. The number of likely N-dealkylation sites (tertiary alicyclic amines) is 2. The number of amides is 2. The standard InChI is InChI=1S/C24H29N3O2/c25-22-17-27(16-21(22)19-10-5-2-6-11-19)24(29)20-12-7-13-26(15-20)23(28)14-18-8-3-1-4-9-18/h1-6,8-11,20-22H,7,12-17,25H2/t20?,21-,22+/m0/s1. The van der Waals surface area contributed by atoms with Gasteiger partial charge in [-0.25, -0.2) is 0 Å². The number of carbonyl (C=O) groups is 2. The first-order chi connectivity index (χ1) is 14.1. The Balaban J connectivity index is 1.37. The van der Waals surface area contributed by atoms with Gasteiger partial charge in [-0.05, 0) is 24.0 Å². The molecule has 2 N–H and O–H groups in total. The molecule has 0 aliphatic carbocycles. The monoisotopic (exact) mass is 391 g/mol. The average Bonchev–Trinajstić information content (AvgIpc) is 3.16. The maximum Gasteiger partial charge on any atom is 0.227 e. The Morgan fingerprint density at radius 3 is 2.31 bits per heavy atom. The van der Waals surface area contributed by atoms with Crippen LogP contribution in [0.5, 0.6) is 0 Å². The quantitative estimate of drug-likeness (QED) is 0.870. The number of nitrogens with zero attached hydrogens (tertiary/aromatic N) is 2. The lowest BCUT2D eigenvalue weighted by Gasteiger charge is -2.34. The van der Waals surface area contributed by atoms with Crippen molar-refractivity contribution < 1.29 is 9.59 Å². The molecule has 2 aliphatic heterocycles. The molecule has 2 saturated heterocycles. The highest BCUT2D eigenvalue weighted by Crippen LogP contribution is 2.29. The van der Waals surface area contributed by atoms with Crippen LogP contribution in [-0.4, -0.2) is 53.8 Å². The Morgan fingerprint density at radius 2 is 1.59 bits per heavy atom. The molecule has 2 amide bonds. The van der Waals surface area contributed by atoms with Crippen LogP contribution in [0.2, 0.25) is 0 Å². The topological polar surface area (TPSA) is 66.6 Å². The summed E-state index contributed by atoms with van der Waals surface area (Å²) in [6.45, 7) is 2.51. The molecule has 0 bridgehead atoms. The number of rotatable bonds is 4. The normalized spacial score (nSPS) is 24.5. The van der Waals surface area contributed by atoms with E-state index in [1.54, 1.807) is 0 Å². The first-order valence-corrected chi connectivity index (χ1v) is 10.5. The minimum atomic E-state index is -0.120. The molecule has 5 nitrogen and oxygen atoms in total. The van der Waals surface area contributed by atoms with Crippen LogP contribution in [0.1, 0.15) is 29.9 Å². The Hall–Kier alpha value is -2.66. The lowest BCUT2D eigenvalue weighted by Crippen LogP contribution is -2.47. The van der Waals surface area contributed by atoms with Crippen molar-refractivity contribution in [2.24, 2.45) is 11.7 Å². The summed E-state index contributed by atoms with van der Waals surface area (Å²) in [5.74, 6) is 0.315. The zero-order valence-electron chi connectivity index (χ0n) is 16.7. The van der Waals surface area contributed by atoms with E-state index in [-0.39, 0.29) is 29.7 Å². The average molecular weight is 392 g/mol. The first-order valence-electron chi connectivity index (χ1n) is 10.5. The van der Waals surface area contributed by atoms with Gasteiger partial charge in [-0.3, -0.25) is 9.59 Å². The van der Waals surface area contributed by atoms with Gasteiger partial charge in [0.1, 0.15) is 0 Å². The van der Waals surface area contributed by atoms with Gasteiger partial charge in [-0.2, -0.15) is 0 Å². The van der Waals surface area contributed by atoms with Crippen molar-refractivity contribution >= 4 is 11.8 Å². The molecular weight excluding hydrogens is 362 g/mol. The Labute approximate surface area is 172 Å². The molecule has 0 spiro atoms. The summed E-state index contributed by atoms with van der Waals surface area (Å²) in [6, 6.07) is 20.0. The van der Waals surface area contributed by atoms with Crippen molar-refractivity contribution in [1.82, 2.24) is 9.80 Å². The largest absolute Gasteiger partial charge is 0.342 e. The molecule has 2 aliphatic rings. The second-order valence-corrected chi connectivity index (χ2v) is 8.27. The second-order valence-electron chi connectivity index (χ2n) is 8.27. The van der Waals surface area contributed by atoms with Gasteiger partial charge in [-0.1, -0.05) is 60.7 Å². The van der Waals surface area contributed by atoms with E-state index in [1.807, 2.05) is 58.3 Å². The molecule has 4 rings (SSSR count). The Morgan fingerprint density at radius 1 is 0.897 bits per heavy atom. The maximum absolute atomic E-state index is 13.2. The maximum atomic E-state index is 13.2. The third kappa shape index (κ3) is 4.51. The van der Waals surface area contributed by atoms with Crippen LogP contribution >= 0.6 is 0 Å². The molecule has 0 saturated carbocycles. The molecule has 5 heteroatoms. The van der Waals surface area contributed by atoms with E-state index in [2.05, 4.69) is 12.1 Å². The molecule has 3 atom stereocenters. The van der Waals surface area contributed by atoms with E-state index in [1.165, 1.54) is 5.56 Å². The van der Waals surface area contributed by atoms with Gasteiger partial charge >= 0.3 is 0 Å².